The average Bonchev–Trinajstić information content (AvgIpc) is 3.17. The lowest BCUT2D eigenvalue weighted by atomic mass is 9.84. The van der Waals surface area contributed by atoms with Crippen LogP contribution in [-0.2, 0) is 16.9 Å². The third-order valence-electron chi connectivity index (χ3n) is 5.34. The zero-order valence-corrected chi connectivity index (χ0v) is 17.0. The number of aromatic nitrogens is 2. The van der Waals surface area contributed by atoms with E-state index in [0.29, 0.717) is 23.1 Å². The van der Waals surface area contributed by atoms with Gasteiger partial charge in [0.1, 0.15) is 11.6 Å². The Labute approximate surface area is 177 Å². The van der Waals surface area contributed by atoms with Gasteiger partial charge in [-0.3, -0.25) is 0 Å². The number of benzene rings is 3. The normalized spacial score (nSPS) is 11.6. The summed E-state index contributed by atoms with van der Waals surface area (Å²) >= 11 is 0. The van der Waals surface area contributed by atoms with E-state index in [0.717, 1.165) is 0 Å². The van der Waals surface area contributed by atoms with Crippen molar-refractivity contribution >= 4 is 17.0 Å². The molecule has 0 atom stereocenters. The maximum absolute atomic E-state index is 14.9. The first-order valence-electron chi connectivity index (χ1n) is 9.73. The molecule has 0 fully saturated rings. The number of aryl methyl sites for hydroxylation is 1. The second-order valence-electron chi connectivity index (χ2n) is 7.04. The quantitative estimate of drug-likeness (QED) is 0.484. The van der Waals surface area contributed by atoms with Crippen LogP contribution in [0.3, 0.4) is 0 Å². The number of hydrogen-bond acceptors (Lipinski definition) is 4. The Morgan fingerprint density at radius 1 is 1.03 bits per heavy atom. The number of nitrogens with zero attached hydrogens (tertiary/aromatic N) is 2. The van der Waals surface area contributed by atoms with E-state index in [1.807, 2.05) is 6.92 Å². The van der Waals surface area contributed by atoms with Crippen LogP contribution in [0, 0.1) is 11.6 Å². The molecule has 158 valence electrons. The fourth-order valence-electron chi connectivity index (χ4n) is 3.86. The van der Waals surface area contributed by atoms with Crippen LogP contribution in [0.5, 0.6) is 0 Å². The molecule has 0 saturated heterocycles. The molecule has 3 aromatic carbocycles. The molecule has 0 saturated carbocycles. The summed E-state index contributed by atoms with van der Waals surface area (Å²) < 4.78 is 36.3. The van der Waals surface area contributed by atoms with Crippen molar-refractivity contribution < 1.29 is 23.4 Å². The van der Waals surface area contributed by atoms with E-state index < -0.39 is 23.2 Å². The fraction of sp³-hybridized carbons (Fsp3) is 0.167. The molecule has 1 N–H and O–H groups in total. The Kier molecular flexibility index (Phi) is 5.29. The van der Waals surface area contributed by atoms with Gasteiger partial charge in [-0.2, -0.15) is 0 Å². The standard InChI is InChI=1S/C24H20F2N2O3/c1-3-28-21-14-15(22(29)31-2)12-13-20(21)27-23(28)24(30,16-8-4-6-10-18(16)25)17-9-5-7-11-19(17)26/h4-14,30H,3H2,1-2H3. The van der Waals surface area contributed by atoms with Gasteiger partial charge < -0.3 is 14.4 Å². The molecule has 31 heavy (non-hydrogen) atoms. The van der Waals surface area contributed by atoms with E-state index in [4.69, 9.17) is 4.74 Å². The number of esters is 1. The van der Waals surface area contributed by atoms with E-state index in [9.17, 15) is 18.7 Å². The van der Waals surface area contributed by atoms with Gasteiger partial charge in [0.05, 0.1) is 23.7 Å². The number of ether oxygens (including phenoxy) is 1. The Morgan fingerprint density at radius 2 is 1.61 bits per heavy atom. The lowest BCUT2D eigenvalue weighted by Gasteiger charge is -2.30. The number of halogens is 2. The summed E-state index contributed by atoms with van der Waals surface area (Å²) in [5, 5.41) is 12.0. The largest absolute Gasteiger partial charge is 0.465 e. The topological polar surface area (TPSA) is 64.3 Å². The second-order valence-corrected chi connectivity index (χ2v) is 7.04. The number of rotatable bonds is 5. The summed E-state index contributed by atoms with van der Waals surface area (Å²) in [6.07, 6.45) is 0. The van der Waals surface area contributed by atoms with Crippen LogP contribution in [-0.4, -0.2) is 27.7 Å². The van der Waals surface area contributed by atoms with E-state index in [2.05, 4.69) is 4.98 Å². The van der Waals surface area contributed by atoms with E-state index in [-0.39, 0.29) is 17.0 Å². The number of imidazole rings is 1. The number of methoxy groups -OCH3 is 1. The van der Waals surface area contributed by atoms with Crippen molar-refractivity contribution in [3.63, 3.8) is 0 Å². The van der Waals surface area contributed by atoms with Crippen LogP contribution >= 0.6 is 0 Å². The number of hydrogen-bond donors (Lipinski definition) is 1. The third-order valence-corrected chi connectivity index (χ3v) is 5.34. The van der Waals surface area contributed by atoms with Gasteiger partial charge in [-0.1, -0.05) is 36.4 Å². The molecule has 1 aromatic heterocycles. The summed E-state index contributed by atoms with van der Waals surface area (Å²) in [7, 11) is 1.28. The molecule has 7 heteroatoms. The number of carbonyl (C=O) groups excluding carboxylic acids is 1. The molecular formula is C24H20F2N2O3. The molecule has 0 aliphatic rings. The predicted octanol–water partition coefficient (Wildman–Crippen LogP) is 4.41. The molecule has 1 heterocycles. The van der Waals surface area contributed by atoms with E-state index in [1.165, 1.54) is 43.5 Å². The molecule has 0 aliphatic carbocycles. The first kappa shape index (κ1) is 20.7. The highest BCUT2D eigenvalue weighted by molar-refractivity contribution is 5.93. The molecule has 0 bridgehead atoms. The number of carbonyl (C=O) groups is 1. The maximum Gasteiger partial charge on any atom is 0.337 e. The molecule has 5 nitrogen and oxygen atoms in total. The van der Waals surface area contributed by atoms with Crippen molar-refractivity contribution in [3.05, 3.63) is 101 Å². The van der Waals surface area contributed by atoms with Gasteiger partial charge in [0.25, 0.3) is 0 Å². The lowest BCUT2D eigenvalue weighted by molar-refractivity contribution is 0.0601. The molecule has 0 amide bonds. The summed E-state index contributed by atoms with van der Waals surface area (Å²) in [6.45, 7) is 2.15. The smallest absolute Gasteiger partial charge is 0.337 e. The van der Waals surface area contributed by atoms with Crippen LogP contribution in [0.25, 0.3) is 11.0 Å². The van der Waals surface area contributed by atoms with Gasteiger partial charge in [0, 0.05) is 17.7 Å². The van der Waals surface area contributed by atoms with Gasteiger partial charge in [-0.25, -0.2) is 18.6 Å². The number of fused-ring (bicyclic) bond motifs is 1. The average molecular weight is 422 g/mol. The molecule has 0 spiro atoms. The van der Waals surface area contributed by atoms with E-state index in [1.54, 1.807) is 34.9 Å². The van der Waals surface area contributed by atoms with Crippen molar-refractivity contribution in [2.24, 2.45) is 0 Å². The summed E-state index contributed by atoms with van der Waals surface area (Å²) in [5.41, 5.74) is -1.16. The molecule has 4 aromatic rings. The molecule has 0 unspecified atom stereocenters. The van der Waals surface area contributed by atoms with Crippen molar-refractivity contribution in [1.82, 2.24) is 9.55 Å². The van der Waals surface area contributed by atoms with Gasteiger partial charge in [0.15, 0.2) is 11.4 Å². The van der Waals surface area contributed by atoms with Gasteiger partial charge in [-0.05, 0) is 37.3 Å². The number of aliphatic hydroxyl groups is 1. The first-order chi connectivity index (χ1) is 14.9. The van der Waals surface area contributed by atoms with Gasteiger partial charge >= 0.3 is 5.97 Å². The minimum absolute atomic E-state index is 0.0437. The van der Waals surface area contributed by atoms with Crippen LogP contribution in [0.15, 0.2) is 66.7 Å². The van der Waals surface area contributed by atoms with Gasteiger partial charge in [-0.15, -0.1) is 0 Å². The minimum atomic E-state index is -2.21. The van der Waals surface area contributed by atoms with E-state index >= 15 is 0 Å². The van der Waals surface area contributed by atoms with Crippen molar-refractivity contribution in [2.75, 3.05) is 7.11 Å². The Morgan fingerprint density at radius 3 is 2.13 bits per heavy atom. The Balaban J connectivity index is 2.08. The summed E-state index contributed by atoms with van der Waals surface area (Å²) in [4.78, 5) is 16.5. The second kappa shape index (κ2) is 7.92. The lowest BCUT2D eigenvalue weighted by Crippen LogP contribution is -2.34. The maximum atomic E-state index is 14.9. The fourth-order valence-corrected chi connectivity index (χ4v) is 3.86. The summed E-state index contributed by atoms with van der Waals surface area (Å²) in [5.74, 6) is -1.87. The highest BCUT2D eigenvalue weighted by atomic mass is 19.1. The van der Waals surface area contributed by atoms with Gasteiger partial charge in [0.2, 0.25) is 0 Å². The van der Waals surface area contributed by atoms with Crippen LogP contribution < -0.4 is 0 Å². The molecular weight excluding hydrogens is 402 g/mol. The van der Waals surface area contributed by atoms with Crippen LogP contribution in [0.4, 0.5) is 8.78 Å². The zero-order valence-electron chi connectivity index (χ0n) is 17.0. The van der Waals surface area contributed by atoms with Crippen molar-refractivity contribution in [1.29, 1.82) is 0 Å². The van der Waals surface area contributed by atoms with Crippen molar-refractivity contribution in [2.45, 2.75) is 19.1 Å². The molecule has 0 radical (unpaired) electrons. The van der Waals surface area contributed by atoms with Crippen LogP contribution in [0.2, 0.25) is 0 Å². The first-order valence-corrected chi connectivity index (χ1v) is 9.73. The summed E-state index contributed by atoms with van der Waals surface area (Å²) in [6, 6.07) is 16.1. The zero-order chi connectivity index (χ0) is 22.2. The SMILES string of the molecule is CCn1c(C(O)(c2ccccc2F)c2ccccc2F)nc2ccc(C(=O)OC)cc21. The molecule has 4 rings (SSSR count). The Bertz CT molecular complexity index is 1240. The highest BCUT2D eigenvalue weighted by Gasteiger charge is 2.42. The highest BCUT2D eigenvalue weighted by Crippen LogP contribution is 2.40. The van der Waals surface area contributed by atoms with Crippen LogP contribution in [0.1, 0.15) is 34.2 Å². The molecule has 0 aliphatic heterocycles. The predicted molar refractivity (Wildman–Crippen MR) is 112 cm³/mol. The Hall–Kier alpha value is -3.58. The third kappa shape index (κ3) is 3.27. The monoisotopic (exact) mass is 422 g/mol. The van der Waals surface area contributed by atoms with Crippen molar-refractivity contribution in [3.8, 4) is 0 Å². The minimum Gasteiger partial charge on any atom is -0.465 e.